The highest BCUT2D eigenvalue weighted by Crippen LogP contribution is 2.52. The van der Waals surface area contributed by atoms with Crippen molar-refractivity contribution in [3.63, 3.8) is 0 Å². The van der Waals surface area contributed by atoms with E-state index in [2.05, 4.69) is 31.0 Å². The highest BCUT2D eigenvalue weighted by atomic mass is 16.5. The highest BCUT2D eigenvalue weighted by Gasteiger charge is 2.44. The molecule has 0 amide bonds. The van der Waals surface area contributed by atoms with Crippen LogP contribution in [0.1, 0.15) is 70.1 Å². The number of methoxy groups -OCH3 is 1. The van der Waals surface area contributed by atoms with E-state index in [1.165, 1.54) is 25.9 Å². The number of benzene rings is 1. The Balaban J connectivity index is 1.67. The van der Waals surface area contributed by atoms with E-state index in [1.54, 1.807) is 7.11 Å². The molecule has 0 bridgehead atoms. The minimum Gasteiger partial charge on any atom is -0.493 e. The molecule has 1 aliphatic heterocycles. The van der Waals surface area contributed by atoms with E-state index >= 15 is 0 Å². The summed E-state index contributed by atoms with van der Waals surface area (Å²) in [6.07, 6.45) is 6.21. The second-order valence-electron chi connectivity index (χ2n) is 10.2. The summed E-state index contributed by atoms with van der Waals surface area (Å²) in [7, 11) is 1.66. The maximum atomic E-state index is 11.4. The van der Waals surface area contributed by atoms with E-state index in [4.69, 9.17) is 19.2 Å². The summed E-state index contributed by atoms with van der Waals surface area (Å²) in [5.74, 6) is 2.26. The average molecular weight is 470 g/mol. The molecule has 1 aromatic heterocycles. The van der Waals surface area contributed by atoms with Crippen LogP contribution in [0.3, 0.4) is 0 Å². The fraction of sp³-hybridized carbons (Fsp3) is 0.630. The van der Waals surface area contributed by atoms with Crippen molar-refractivity contribution in [2.75, 3.05) is 45.2 Å². The predicted octanol–water partition coefficient (Wildman–Crippen LogP) is 5.12. The molecule has 2 aliphatic rings. The van der Waals surface area contributed by atoms with Gasteiger partial charge in [0, 0.05) is 41.1 Å². The van der Waals surface area contributed by atoms with Crippen LogP contribution < -0.4 is 14.8 Å². The van der Waals surface area contributed by atoms with Gasteiger partial charge in [-0.2, -0.15) is 0 Å². The van der Waals surface area contributed by atoms with Gasteiger partial charge in [-0.25, -0.2) is 4.98 Å². The van der Waals surface area contributed by atoms with Crippen molar-refractivity contribution in [1.82, 2.24) is 9.88 Å². The lowest BCUT2D eigenvalue weighted by Gasteiger charge is -2.26. The van der Waals surface area contributed by atoms with Gasteiger partial charge in [-0.3, -0.25) is 4.79 Å². The molecule has 186 valence electrons. The molecule has 1 saturated heterocycles. The lowest BCUT2D eigenvalue weighted by atomic mass is 9.87. The molecule has 2 heterocycles. The number of hydrogen-bond donors (Lipinski definition) is 1. The van der Waals surface area contributed by atoms with Crippen LogP contribution in [0.5, 0.6) is 11.5 Å². The number of fused-ring (bicyclic) bond motifs is 3. The van der Waals surface area contributed by atoms with Crippen LogP contribution in [0.2, 0.25) is 0 Å². The van der Waals surface area contributed by atoms with Crippen molar-refractivity contribution in [2.24, 2.45) is 5.41 Å². The van der Waals surface area contributed by atoms with E-state index < -0.39 is 0 Å². The standard InChI is InChI=1S/C27H39N3O4/c1-5-6-10-28-26-20-17-27(2,3)25(34-18-31)24(20)19-15-22(32-4)23(16-21(19)29-26)33-14-9-13-30-11-7-8-12-30/h15-16,18,25H,5-14,17H2,1-4H3,(H,28,29). The number of anilines is 1. The third-order valence-electron chi connectivity index (χ3n) is 7.11. The second-order valence-corrected chi connectivity index (χ2v) is 10.2. The molecule has 1 fully saturated rings. The number of nitrogens with one attached hydrogen (secondary N) is 1. The van der Waals surface area contributed by atoms with Crippen LogP contribution in [-0.4, -0.2) is 56.3 Å². The highest BCUT2D eigenvalue weighted by molar-refractivity contribution is 5.90. The molecular formula is C27H39N3O4. The van der Waals surface area contributed by atoms with Crippen LogP contribution in [0, 0.1) is 5.41 Å². The Morgan fingerprint density at radius 1 is 1.21 bits per heavy atom. The van der Waals surface area contributed by atoms with Crippen molar-refractivity contribution >= 4 is 23.2 Å². The van der Waals surface area contributed by atoms with Crippen molar-refractivity contribution in [2.45, 2.75) is 65.4 Å². The van der Waals surface area contributed by atoms with Gasteiger partial charge < -0.3 is 24.4 Å². The molecule has 0 radical (unpaired) electrons. The predicted molar refractivity (Wildman–Crippen MR) is 135 cm³/mol. The Bertz CT molecular complexity index is 1000. The largest absolute Gasteiger partial charge is 0.493 e. The van der Waals surface area contributed by atoms with Crippen LogP contribution in [-0.2, 0) is 16.0 Å². The number of rotatable bonds is 12. The minimum atomic E-state index is -0.339. The number of ether oxygens (including phenoxy) is 3. The Hall–Kier alpha value is -2.54. The monoisotopic (exact) mass is 469 g/mol. The van der Waals surface area contributed by atoms with E-state index in [9.17, 15) is 4.79 Å². The van der Waals surface area contributed by atoms with Gasteiger partial charge in [0.05, 0.1) is 19.2 Å². The molecule has 1 aromatic carbocycles. The molecule has 0 saturated carbocycles. The molecule has 7 heteroatoms. The van der Waals surface area contributed by atoms with E-state index in [0.29, 0.717) is 24.6 Å². The third-order valence-corrected chi connectivity index (χ3v) is 7.11. The van der Waals surface area contributed by atoms with Gasteiger partial charge in [0.1, 0.15) is 11.9 Å². The van der Waals surface area contributed by atoms with Crippen LogP contribution in [0.4, 0.5) is 5.82 Å². The van der Waals surface area contributed by atoms with Crippen LogP contribution in [0.25, 0.3) is 10.9 Å². The van der Waals surface area contributed by atoms with Gasteiger partial charge in [-0.05, 0) is 51.3 Å². The number of carbonyl (C=O) groups excluding carboxylic acids is 1. The fourth-order valence-electron chi connectivity index (χ4n) is 5.34. The summed E-state index contributed by atoms with van der Waals surface area (Å²) < 4.78 is 17.5. The summed E-state index contributed by atoms with van der Waals surface area (Å²) in [6.45, 7) is 12.0. The maximum absolute atomic E-state index is 11.4. The first-order valence-corrected chi connectivity index (χ1v) is 12.7. The van der Waals surface area contributed by atoms with Crippen molar-refractivity contribution < 1.29 is 19.0 Å². The Morgan fingerprint density at radius 2 is 2.00 bits per heavy atom. The fourth-order valence-corrected chi connectivity index (χ4v) is 5.34. The van der Waals surface area contributed by atoms with Crippen molar-refractivity contribution in [3.8, 4) is 11.5 Å². The molecular weight excluding hydrogens is 430 g/mol. The van der Waals surface area contributed by atoms with Crippen LogP contribution in [0.15, 0.2) is 12.1 Å². The van der Waals surface area contributed by atoms with Gasteiger partial charge >= 0.3 is 0 Å². The third kappa shape index (κ3) is 5.09. The molecule has 1 unspecified atom stereocenters. The zero-order valence-electron chi connectivity index (χ0n) is 21.1. The quantitative estimate of drug-likeness (QED) is 0.342. The molecule has 0 spiro atoms. The Morgan fingerprint density at radius 3 is 2.71 bits per heavy atom. The van der Waals surface area contributed by atoms with E-state index in [-0.39, 0.29) is 11.5 Å². The number of hydrogen-bond acceptors (Lipinski definition) is 7. The van der Waals surface area contributed by atoms with E-state index in [1.807, 2.05) is 12.1 Å². The van der Waals surface area contributed by atoms with Gasteiger partial charge in [0.15, 0.2) is 11.5 Å². The lowest BCUT2D eigenvalue weighted by molar-refractivity contribution is -0.138. The molecule has 7 nitrogen and oxygen atoms in total. The number of carbonyl (C=O) groups is 1. The molecule has 4 rings (SSSR count). The second kappa shape index (κ2) is 10.8. The summed E-state index contributed by atoms with van der Waals surface area (Å²) in [4.78, 5) is 18.9. The summed E-state index contributed by atoms with van der Waals surface area (Å²) in [5.41, 5.74) is 2.75. The first-order chi connectivity index (χ1) is 16.5. The Kier molecular flexibility index (Phi) is 7.81. The molecule has 1 N–H and O–H groups in total. The van der Waals surface area contributed by atoms with Crippen molar-refractivity contribution in [3.05, 3.63) is 23.3 Å². The molecule has 1 atom stereocenters. The van der Waals surface area contributed by atoms with Crippen LogP contribution >= 0.6 is 0 Å². The average Bonchev–Trinajstić information content (AvgIpc) is 3.43. The molecule has 1 aliphatic carbocycles. The number of pyridine rings is 1. The zero-order chi connectivity index (χ0) is 24.1. The lowest BCUT2D eigenvalue weighted by Crippen LogP contribution is -2.22. The Labute approximate surface area is 203 Å². The van der Waals surface area contributed by atoms with Gasteiger partial charge in [0.25, 0.3) is 6.47 Å². The van der Waals surface area contributed by atoms with Crippen molar-refractivity contribution in [1.29, 1.82) is 0 Å². The smallest absolute Gasteiger partial charge is 0.293 e. The van der Waals surface area contributed by atoms with Gasteiger partial charge in [-0.15, -0.1) is 0 Å². The number of aromatic nitrogens is 1. The first kappa shape index (κ1) is 24.6. The molecule has 34 heavy (non-hydrogen) atoms. The summed E-state index contributed by atoms with van der Waals surface area (Å²) >= 11 is 0. The summed E-state index contributed by atoms with van der Waals surface area (Å²) in [6, 6.07) is 3.97. The van der Waals surface area contributed by atoms with Gasteiger partial charge in [0.2, 0.25) is 0 Å². The minimum absolute atomic E-state index is 0.224. The van der Waals surface area contributed by atoms with E-state index in [0.717, 1.165) is 66.6 Å². The first-order valence-electron chi connectivity index (χ1n) is 12.7. The topological polar surface area (TPSA) is 72.9 Å². The molecule has 2 aromatic rings. The number of nitrogens with zero attached hydrogens (tertiary/aromatic N) is 2. The van der Waals surface area contributed by atoms with Gasteiger partial charge in [-0.1, -0.05) is 27.2 Å². The number of likely N-dealkylation sites (tertiary alicyclic amines) is 1. The summed E-state index contributed by atoms with van der Waals surface area (Å²) in [5, 5.41) is 4.49. The zero-order valence-corrected chi connectivity index (χ0v) is 21.1. The SMILES string of the molecule is CCCCNc1nc2cc(OCCCN3CCCC3)c(OC)cc2c2c1CC(C)(C)C2OC=O. The number of unbranched alkanes of at least 4 members (excludes halogenated alkanes) is 1. The normalized spacial score (nSPS) is 19.2. The maximum Gasteiger partial charge on any atom is 0.293 e.